The van der Waals surface area contributed by atoms with Gasteiger partial charge in [-0.2, -0.15) is 0 Å². The summed E-state index contributed by atoms with van der Waals surface area (Å²) in [4.78, 5) is 2.57. The Morgan fingerprint density at radius 1 is 1.29 bits per heavy atom. The lowest BCUT2D eigenvalue weighted by Crippen LogP contribution is -2.40. The van der Waals surface area contributed by atoms with Gasteiger partial charge in [0.2, 0.25) is 0 Å². The number of hydrogen-bond donors (Lipinski definition) is 1. The Hall–Kier alpha value is -0.120. The van der Waals surface area contributed by atoms with Crippen molar-refractivity contribution in [1.82, 2.24) is 4.90 Å². The summed E-state index contributed by atoms with van der Waals surface area (Å²) in [5.41, 5.74) is 5.76. The van der Waals surface area contributed by atoms with Crippen LogP contribution in [0.3, 0.4) is 0 Å². The minimum absolute atomic E-state index is 0.650. The molecule has 0 amide bonds. The van der Waals surface area contributed by atoms with Crippen molar-refractivity contribution < 1.29 is 4.74 Å². The maximum absolute atomic E-state index is 5.76. The van der Waals surface area contributed by atoms with Gasteiger partial charge >= 0.3 is 0 Å². The fraction of sp³-hybridized carbons (Fsp3) is 1.00. The molecule has 2 N–H and O–H groups in total. The predicted octanol–water partition coefficient (Wildman–Crippen LogP) is 0.836. The van der Waals surface area contributed by atoms with Crippen LogP contribution >= 0.6 is 0 Å². The second-order valence-corrected chi connectivity index (χ2v) is 4.61. The molecule has 0 aromatic rings. The summed E-state index contributed by atoms with van der Waals surface area (Å²) in [5, 5.41) is 0. The van der Waals surface area contributed by atoms with E-state index in [-0.39, 0.29) is 0 Å². The molecule has 0 saturated carbocycles. The number of nitrogens with zero attached hydrogens (tertiary/aromatic N) is 1. The Kier molecular flexibility index (Phi) is 3.79. The first kappa shape index (κ1) is 10.4. The van der Waals surface area contributed by atoms with E-state index in [0.717, 1.165) is 25.7 Å². The lowest BCUT2D eigenvalue weighted by molar-refractivity contribution is 0.0370. The summed E-state index contributed by atoms with van der Waals surface area (Å²) in [5.74, 6) is 0.760. The van der Waals surface area contributed by atoms with Crippen LogP contribution in [0.4, 0.5) is 0 Å². The van der Waals surface area contributed by atoms with E-state index in [1.165, 1.54) is 38.8 Å². The standard InChI is InChI=1S/C11H22N2O/c12-7-11-4-1-5-13(11)8-10-3-2-6-14-9-10/h10-11H,1-9,12H2. The van der Waals surface area contributed by atoms with Gasteiger partial charge in [0.25, 0.3) is 0 Å². The van der Waals surface area contributed by atoms with Gasteiger partial charge in [-0.3, -0.25) is 4.90 Å². The van der Waals surface area contributed by atoms with Crippen molar-refractivity contribution in [2.75, 3.05) is 32.8 Å². The molecule has 2 rings (SSSR count). The molecule has 0 aliphatic carbocycles. The minimum Gasteiger partial charge on any atom is -0.381 e. The molecular formula is C11H22N2O. The molecule has 82 valence electrons. The average Bonchev–Trinajstić information content (AvgIpc) is 2.67. The van der Waals surface area contributed by atoms with E-state index in [9.17, 15) is 0 Å². The molecule has 2 aliphatic rings. The fourth-order valence-electron chi connectivity index (χ4n) is 2.69. The van der Waals surface area contributed by atoms with Crippen molar-refractivity contribution in [1.29, 1.82) is 0 Å². The molecule has 2 atom stereocenters. The molecule has 2 saturated heterocycles. The second-order valence-electron chi connectivity index (χ2n) is 4.61. The predicted molar refractivity (Wildman–Crippen MR) is 57.2 cm³/mol. The quantitative estimate of drug-likeness (QED) is 0.730. The van der Waals surface area contributed by atoms with Crippen molar-refractivity contribution in [3.05, 3.63) is 0 Å². The Morgan fingerprint density at radius 2 is 2.21 bits per heavy atom. The Bertz CT molecular complexity index is 169. The summed E-state index contributed by atoms with van der Waals surface area (Å²) in [7, 11) is 0. The molecule has 0 aromatic carbocycles. The zero-order chi connectivity index (χ0) is 9.80. The van der Waals surface area contributed by atoms with Gasteiger partial charge in [0.1, 0.15) is 0 Å². The van der Waals surface area contributed by atoms with Crippen LogP contribution in [-0.4, -0.2) is 43.8 Å². The van der Waals surface area contributed by atoms with E-state index in [0.29, 0.717) is 6.04 Å². The molecule has 2 fully saturated rings. The zero-order valence-corrected chi connectivity index (χ0v) is 8.95. The third-order valence-electron chi connectivity index (χ3n) is 3.52. The second kappa shape index (κ2) is 5.10. The summed E-state index contributed by atoms with van der Waals surface area (Å²) in [6, 6.07) is 0.650. The first-order valence-corrected chi connectivity index (χ1v) is 5.92. The van der Waals surface area contributed by atoms with Gasteiger partial charge < -0.3 is 10.5 Å². The first-order valence-electron chi connectivity index (χ1n) is 5.92. The van der Waals surface area contributed by atoms with E-state index < -0.39 is 0 Å². The van der Waals surface area contributed by atoms with Crippen molar-refractivity contribution in [2.45, 2.75) is 31.7 Å². The number of hydrogen-bond acceptors (Lipinski definition) is 3. The summed E-state index contributed by atoms with van der Waals surface area (Å²) in [6.07, 6.45) is 5.21. The van der Waals surface area contributed by atoms with Gasteiger partial charge in [0.05, 0.1) is 6.61 Å². The van der Waals surface area contributed by atoms with E-state index in [1.807, 2.05) is 0 Å². The molecule has 2 unspecified atom stereocenters. The van der Waals surface area contributed by atoms with E-state index in [1.54, 1.807) is 0 Å². The van der Waals surface area contributed by atoms with E-state index in [4.69, 9.17) is 10.5 Å². The van der Waals surface area contributed by atoms with Gasteiger partial charge in [-0.05, 0) is 38.1 Å². The maximum Gasteiger partial charge on any atom is 0.0506 e. The third kappa shape index (κ3) is 2.47. The smallest absolute Gasteiger partial charge is 0.0506 e. The first-order chi connectivity index (χ1) is 6.90. The third-order valence-corrected chi connectivity index (χ3v) is 3.52. The SMILES string of the molecule is NCC1CCCN1CC1CCCOC1. The van der Waals surface area contributed by atoms with Crippen LogP contribution in [0.5, 0.6) is 0 Å². The van der Waals surface area contributed by atoms with Gasteiger partial charge in [0, 0.05) is 25.7 Å². The monoisotopic (exact) mass is 198 g/mol. The normalized spacial score (nSPS) is 34.9. The molecule has 14 heavy (non-hydrogen) atoms. The molecule has 0 radical (unpaired) electrons. The van der Waals surface area contributed by atoms with Gasteiger partial charge in [0.15, 0.2) is 0 Å². The minimum atomic E-state index is 0.650. The molecule has 0 spiro atoms. The van der Waals surface area contributed by atoms with Crippen LogP contribution in [0.1, 0.15) is 25.7 Å². The fourth-order valence-corrected chi connectivity index (χ4v) is 2.69. The van der Waals surface area contributed by atoms with E-state index >= 15 is 0 Å². The Labute approximate surface area is 86.6 Å². The highest BCUT2D eigenvalue weighted by Gasteiger charge is 2.26. The summed E-state index contributed by atoms with van der Waals surface area (Å²) in [6.45, 7) is 5.22. The number of likely N-dealkylation sites (tertiary alicyclic amines) is 1. The van der Waals surface area contributed by atoms with Crippen LogP contribution in [0.2, 0.25) is 0 Å². The largest absolute Gasteiger partial charge is 0.381 e. The van der Waals surface area contributed by atoms with Gasteiger partial charge in [-0.1, -0.05) is 0 Å². The maximum atomic E-state index is 5.76. The van der Waals surface area contributed by atoms with E-state index in [2.05, 4.69) is 4.90 Å². The van der Waals surface area contributed by atoms with Crippen molar-refractivity contribution in [3.63, 3.8) is 0 Å². The molecule has 3 nitrogen and oxygen atoms in total. The van der Waals surface area contributed by atoms with Crippen molar-refractivity contribution in [3.8, 4) is 0 Å². The molecule has 2 aliphatic heterocycles. The van der Waals surface area contributed by atoms with Crippen LogP contribution in [-0.2, 0) is 4.74 Å². The number of rotatable bonds is 3. The summed E-state index contributed by atoms with van der Waals surface area (Å²) >= 11 is 0. The highest BCUT2D eigenvalue weighted by Crippen LogP contribution is 2.21. The van der Waals surface area contributed by atoms with Crippen LogP contribution < -0.4 is 5.73 Å². The lowest BCUT2D eigenvalue weighted by atomic mass is 10.0. The Balaban J connectivity index is 1.77. The van der Waals surface area contributed by atoms with Crippen molar-refractivity contribution >= 4 is 0 Å². The highest BCUT2D eigenvalue weighted by molar-refractivity contribution is 4.82. The van der Waals surface area contributed by atoms with Gasteiger partial charge in [-0.15, -0.1) is 0 Å². The van der Waals surface area contributed by atoms with Crippen molar-refractivity contribution in [2.24, 2.45) is 11.7 Å². The zero-order valence-electron chi connectivity index (χ0n) is 8.95. The Morgan fingerprint density at radius 3 is 2.93 bits per heavy atom. The molecule has 3 heteroatoms. The summed E-state index contributed by atoms with van der Waals surface area (Å²) < 4.78 is 5.50. The van der Waals surface area contributed by atoms with Crippen LogP contribution in [0.15, 0.2) is 0 Å². The average molecular weight is 198 g/mol. The molecular weight excluding hydrogens is 176 g/mol. The lowest BCUT2D eigenvalue weighted by Gasteiger charge is -2.30. The highest BCUT2D eigenvalue weighted by atomic mass is 16.5. The molecule has 2 heterocycles. The number of nitrogens with two attached hydrogens (primary N) is 1. The van der Waals surface area contributed by atoms with Crippen LogP contribution in [0.25, 0.3) is 0 Å². The number of ether oxygens (including phenoxy) is 1. The topological polar surface area (TPSA) is 38.5 Å². The molecule has 0 bridgehead atoms. The van der Waals surface area contributed by atoms with Crippen LogP contribution in [0, 0.1) is 5.92 Å². The van der Waals surface area contributed by atoms with Gasteiger partial charge in [-0.25, -0.2) is 0 Å². The molecule has 0 aromatic heterocycles.